The van der Waals surface area contributed by atoms with Crippen molar-refractivity contribution in [3.63, 3.8) is 0 Å². The predicted octanol–water partition coefficient (Wildman–Crippen LogP) is 3.46. The van der Waals surface area contributed by atoms with Gasteiger partial charge in [-0.3, -0.25) is 0 Å². The van der Waals surface area contributed by atoms with Crippen LogP contribution in [0.25, 0.3) is 10.9 Å². The molecule has 1 heterocycles. The number of nitrogens with zero attached hydrogens (tertiary/aromatic N) is 3. The lowest BCUT2D eigenvalue weighted by Gasteiger charge is -2.15. The largest absolute Gasteiger partial charge is 0.493 e. The first-order valence-electron chi connectivity index (χ1n) is 7.54. The summed E-state index contributed by atoms with van der Waals surface area (Å²) in [6.07, 6.45) is 1.52. The van der Waals surface area contributed by atoms with E-state index in [9.17, 15) is 0 Å². The van der Waals surface area contributed by atoms with E-state index in [0.29, 0.717) is 17.0 Å². The van der Waals surface area contributed by atoms with Gasteiger partial charge in [0.1, 0.15) is 17.7 Å². The maximum Gasteiger partial charge on any atom is 0.187 e. The van der Waals surface area contributed by atoms with E-state index in [1.165, 1.54) is 6.33 Å². The first-order chi connectivity index (χ1) is 11.6. The highest BCUT2D eigenvalue weighted by molar-refractivity contribution is 5.95. The summed E-state index contributed by atoms with van der Waals surface area (Å²) in [6.45, 7) is 0. The van der Waals surface area contributed by atoms with E-state index in [-0.39, 0.29) is 0 Å². The Hall–Kier alpha value is -3.02. The van der Waals surface area contributed by atoms with E-state index in [4.69, 9.17) is 9.47 Å². The maximum absolute atomic E-state index is 5.46. The number of methoxy groups -OCH3 is 2. The minimum absolute atomic E-state index is 0.600. The third-order valence-corrected chi connectivity index (χ3v) is 3.77. The maximum atomic E-state index is 5.46. The van der Waals surface area contributed by atoms with E-state index < -0.39 is 0 Å². The van der Waals surface area contributed by atoms with Crippen LogP contribution in [-0.2, 0) is 0 Å². The average molecular weight is 324 g/mol. The van der Waals surface area contributed by atoms with Crippen LogP contribution in [0.1, 0.15) is 0 Å². The lowest BCUT2D eigenvalue weighted by molar-refractivity contribution is 0.358. The Labute approximate surface area is 141 Å². The van der Waals surface area contributed by atoms with E-state index in [1.807, 2.05) is 38.4 Å². The van der Waals surface area contributed by atoms with Gasteiger partial charge >= 0.3 is 0 Å². The molecule has 0 bridgehead atoms. The monoisotopic (exact) mass is 324 g/mol. The number of ether oxygens (including phenoxy) is 2. The van der Waals surface area contributed by atoms with E-state index in [0.717, 1.165) is 22.6 Å². The molecule has 3 aromatic rings. The van der Waals surface area contributed by atoms with Crippen molar-refractivity contribution in [2.24, 2.45) is 0 Å². The topological polar surface area (TPSA) is 59.5 Å². The molecule has 0 fully saturated rings. The summed E-state index contributed by atoms with van der Waals surface area (Å²) in [6, 6.07) is 11.9. The molecule has 1 N–H and O–H groups in total. The van der Waals surface area contributed by atoms with Gasteiger partial charge in [0.15, 0.2) is 11.5 Å². The summed E-state index contributed by atoms with van der Waals surface area (Å²) in [5.41, 5.74) is 2.77. The second-order valence-corrected chi connectivity index (χ2v) is 5.49. The number of benzene rings is 2. The second kappa shape index (κ2) is 6.62. The first-order valence-corrected chi connectivity index (χ1v) is 7.54. The minimum atomic E-state index is 0.600. The highest BCUT2D eigenvalue weighted by Gasteiger charge is 2.13. The molecule has 0 unspecified atom stereocenters. The Bertz CT molecular complexity index is 865. The molecule has 0 aliphatic rings. The quantitative estimate of drug-likeness (QED) is 0.775. The van der Waals surface area contributed by atoms with Crippen LogP contribution in [0.3, 0.4) is 0 Å². The molecule has 0 saturated carbocycles. The Kier molecular flexibility index (Phi) is 4.37. The minimum Gasteiger partial charge on any atom is -0.493 e. The Morgan fingerprint density at radius 2 is 1.83 bits per heavy atom. The summed E-state index contributed by atoms with van der Waals surface area (Å²) >= 11 is 0. The number of hydrogen-bond donors (Lipinski definition) is 1. The predicted molar refractivity (Wildman–Crippen MR) is 96.7 cm³/mol. The highest BCUT2D eigenvalue weighted by Crippen LogP contribution is 2.36. The smallest absolute Gasteiger partial charge is 0.187 e. The second-order valence-electron chi connectivity index (χ2n) is 5.49. The number of fused-ring (bicyclic) bond motifs is 1. The number of aromatic nitrogens is 2. The number of nitrogens with one attached hydrogen (secondary N) is 1. The normalized spacial score (nSPS) is 10.5. The van der Waals surface area contributed by atoms with Crippen LogP contribution in [0.15, 0.2) is 42.7 Å². The van der Waals surface area contributed by atoms with Crippen LogP contribution in [0.4, 0.5) is 17.2 Å². The SMILES string of the molecule is COc1ccc2c(Nc3cccc(N(C)C)c3)ncnc2c1OC. The molecule has 0 radical (unpaired) electrons. The van der Waals surface area contributed by atoms with Gasteiger partial charge in [-0.2, -0.15) is 0 Å². The molecule has 0 spiro atoms. The van der Waals surface area contributed by atoms with Crippen molar-refractivity contribution in [3.05, 3.63) is 42.7 Å². The van der Waals surface area contributed by atoms with Crippen molar-refractivity contribution in [2.75, 3.05) is 38.5 Å². The van der Waals surface area contributed by atoms with Crippen molar-refractivity contribution in [2.45, 2.75) is 0 Å². The molecule has 6 heteroatoms. The molecule has 0 saturated heterocycles. The molecule has 124 valence electrons. The van der Waals surface area contributed by atoms with E-state index >= 15 is 0 Å². The zero-order chi connectivity index (χ0) is 17.1. The van der Waals surface area contributed by atoms with Gasteiger partial charge in [0.2, 0.25) is 0 Å². The lowest BCUT2D eigenvalue weighted by Crippen LogP contribution is -2.08. The zero-order valence-corrected chi connectivity index (χ0v) is 14.2. The summed E-state index contributed by atoms with van der Waals surface area (Å²) in [5, 5.41) is 4.22. The summed E-state index contributed by atoms with van der Waals surface area (Å²) in [7, 11) is 7.23. The molecule has 2 aromatic carbocycles. The first kappa shape index (κ1) is 15.9. The van der Waals surface area contributed by atoms with Gasteiger partial charge in [-0.15, -0.1) is 0 Å². The van der Waals surface area contributed by atoms with Crippen LogP contribution < -0.4 is 19.7 Å². The van der Waals surface area contributed by atoms with Gasteiger partial charge in [-0.05, 0) is 30.3 Å². The molecule has 0 amide bonds. The fourth-order valence-electron chi connectivity index (χ4n) is 2.54. The van der Waals surface area contributed by atoms with Gasteiger partial charge in [0, 0.05) is 30.9 Å². The molecule has 3 rings (SSSR count). The van der Waals surface area contributed by atoms with E-state index in [2.05, 4.69) is 32.3 Å². The molecule has 0 atom stereocenters. The Balaban J connectivity index is 2.06. The van der Waals surface area contributed by atoms with Crippen molar-refractivity contribution < 1.29 is 9.47 Å². The van der Waals surface area contributed by atoms with Gasteiger partial charge in [-0.25, -0.2) is 9.97 Å². The fourth-order valence-corrected chi connectivity index (χ4v) is 2.54. The molecule has 0 aliphatic heterocycles. The van der Waals surface area contributed by atoms with Crippen molar-refractivity contribution in [1.82, 2.24) is 9.97 Å². The Morgan fingerprint density at radius 1 is 1.00 bits per heavy atom. The van der Waals surface area contributed by atoms with Crippen LogP contribution in [0.2, 0.25) is 0 Å². The third kappa shape index (κ3) is 2.90. The van der Waals surface area contributed by atoms with Crippen LogP contribution >= 0.6 is 0 Å². The van der Waals surface area contributed by atoms with Gasteiger partial charge in [-0.1, -0.05) is 6.07 Å². The molecule has 1 aromatic heterocycles. The summed E-state index contributed by atoms with van der Waals surface area (Å²) < 4.78 is 10.8. The molecular weight excluding hydrogens is 304 g/mol. The number of rotatable bonds is 5. The van der Waals surface area contributed by atoms with Gasteiger partial charge in [0.05, 0.1) is 14.2 Å². The third-order valence-electron chi connectivity index (χ3n) is 3.77. The van der Waals surface area contributed by atoms with Gasteiger partial charge < -0.3 is 19.7 Å². The fraction of sp³-hybridized carbons (Fsp3) is 0.222. The summed E-state index contributed by atoms with van der Waals surface area (Å²) in [5.74, 6) is 1.96. The Morgan fingerprint density at radius 3 is 2.54 bits per heavy atom. The zero-order valence-electron chi connectivity index (χ0n) is 14.2. The standard InChI is InChI=1S/C18H20N4O2/c1-22(2)13-7-5-6-12(10-13)21-18-14-8-9-15(23-3)17(24-4)16(14)19-11-20-18/h5-11H,1-4H3,(H,19,20,21). The van der Waals surface area contributed by atoms with Gasteiger partial charge in [0.25, 0.3) is 0 Å². The average Bonchev–Trinajstić information content (AvgIpc) is 2.61. The number of anilines is 3. The van der Waals surface area contributed by atoms with Crippen molar-refractivity contribution in [1.29, 1.82) is 0 Å². The van der Waals surface area contributed by atoms with Crippen LogP contribution in [0.5, 0.6) is 11.5 Å². The van der Waals surface area contributed by atoms with Crippen LogP contribution in [0, 0.1) is 0 Å². The van der Waals surface area contributed by atoms with Crippen molar-refractivity contribution in [3.8, 4) is 11.5 Å². The molecular formula is C18H20N4O2. The summed E-state index contributed by atoms with van der Waals surface area (Å²) in [4.78, 5) is 10.8. The van der Waals surface area contributed by atoms with E-state index in [1.54, 1.807) is 14.2 Å². The lowest BCUT2D eigenvalue weighted by atomic mass is 10.2. The molecule has 0 aliphatic carbocycles. The van der Waals surface area contributed by atoms with Crippen LogP contribution in [-0.4, -0.2) is 38.3 Å². The molecule has 24 heavy (non-hydrogen) atoms. The highest BCUT2D eigenvalue weighted by atomic mass is 16.5. The van der Waals surface area contributed by atoms with Crippen molar-refractivity contribution >= 4 is 28.1 Å². The number of hydrogen-bond acceptors (Lipinski definition) is 6. The molecule has 6 nitrogen and oxygen atoms in total.